The molecule has 164 valence electrons. The van der Waals surface area contributed by atoms with Gasteiger partial charge in [0.15, 0.2) is 12.3 Å². The largest absolute Gasteiger partial charge is 0.487 e. The first kappa shape index (κ1) is 21.2. The van der Waals surface area contributed by atoms with Gasteiger partial charge in [0.05, 0.1) is 5.69 Å². The van der Waals surface area contributed by atoms with E-state index in [4.69, 9.17) is 14.0 Å². The number of hydrogen-bond acceptors (Lipinski definition) is 6. The first-order chi connectivity index (χ1) is 15.4. The van der Waals surface area contributed by atoms with Gasteiger partial charge in [-0.05, 0) is 56.7 Å². The molecule has 1 N–H and O–H groups in total. The van der Waals surface area contributed by atoms with E-state index in [1.807, 2.05) is 32.0 Å². The third kappa shape index (κ3) is 4.97. The molecule has 2 heterocycles. The summed E-state index contributed by atoms with van der Waals surface area (Å²) in [6.45, 7) is 5.75. The van der Waals surface area contributed by atoms with Crippen molar-refractivity contribution in [2.45, 2.75) is 27.4 Å². The second-order valence-corrected chi connectivity index (χ2v) is 7.50. The van der Waals surface area contributed by atoms with E-state index in [-0.39, 0.29) is 24.7 Å². The topological polar surface area (TPSA) is 95.1 Å². The number of benzene rings is 2. The quantitative estimate of drug-likeness (QED) is 0.476. The zero-order chi connectivity index (χ0) is 22.7. The fraction of sp³-hybridized carbons (Fsp3) is 0.208. The van der Waals surface area contributed by atoms with Gasteiger partial charge in [-0.1, -0.05) is 17.7 Å². The van der Waals surface area contributed by atoms with Gasteiger partial charge in [-0.3, -0.25) is 9.59 Å². The number of ether oxygens (including phenoxy) is 2. The van der Waals surface area contributed by atoms with Crippen molar-refractivity contribution in [1.29, 1.82) is 0 Å². The van der Waals surface area contributed by atoms with Crippen molar-refractivity contribution in [2.75, 3.05) is 11.9 Å². The lowest BCUT2D eigenvalue weighted by atomic mass is 10.1. The third-order valence-electron chi connectivity index (χ3n) is 4.74. The lowest BCUT2D eigenvalue weighted by Crippen LogP contribution is -2.20. The average Bonchev–Trinajstić information content (AvgIpc) is 3.13. The van der Waals surface area contributed by atoms with E-state index in [1.165, 1.54) is 6.07 Å². The molecule has 1 amide bonds. The SMILES string of the molecule is Cc1ccc(OCC(=O)Nc2ccc(OCc3cc(=O)n4oc(C)cc4n3)cc2)c(C)c1. The van der Waals surface area contributed by atoms with Crippen LogP contribution in [0.15, 0.2) is 63.9 Å². The van der Waals surface area contributed by atoms with Crippen LogP contribution in [0, 0.1) is 20.8 Å². The van der Waals surface area contributed by atoms with E-state index in [2.05, 4.69) is 10.3 Å². The molecule has 0 saturated carbocycles. The van der Waals surface area contributed by atoms with Crippen LogP contribution in [-0.2, 0) is 11.4 Å². The lowest BCUT2D eigenvalue weighted by Gasteiger charge is -2.11. The van der Waals surface area contributed by atoms with Gasteiger partial charge in [0.1, 0.15) is 23.9 Å². The average molecular weight is 433 g/mol. The highest BCUT2D eigenvalue weighted by Gasteiger charge is 2.08. The van der Waals surface area contributed by atoms with E-state index in [0.717, 1.165) is 15.7 Å². The Kier molecular flexibility index (Phi) is 5.93. The van der Waals surface area contributed by atoms with Crippen LogP contribution in [0.4, 0.5) is 5.69 Å². The van der Waals surface area contributed by atoms with Crippen molar-refractivity contribution in [3.8, 4) is 11.5 Å². The Morgan fingerprint density at radius 1 is 1.03 bits per heavy atom. The molecule has 2 aromatic carbocycles. The first-order valence-corrected chi connectivity index (χ1v) is 10.1. The van der Waals surface area contributed by atoms with Crippen LogP contribution in [0.1, 0.15) is 22.6 Å². The maximum atomic E-state index is 12.2. The van der Waals surface area contributed by atoms with Crippen molar-refractivity contribution in [2.24, 2.45) is 0 Å². The minimum absolute atomic E-state index is 0.0840. The lowest BCUT2D eigenvalue weighted by molar-refractivity contribution is -0.118. The standard InChI is InChI=1S/C24H23N3O5/c1-15-4-9-21(16(2)10-15)31-14-23(28)26-18-5-7-20(8-6-18)30-13-19-12-24(29)27-22(25-19)11-17(3)32-27/h4-12H,13-14H2,1-3H3,(H,26,28). The fourth-order valence-corrected chi connectivity index (χ4v) is 3.24. The molecule has 0 aliphatic rings. The van der Waals surface area contributed by atoms with Gasteiger partial charge in [-0.2, -0.15) is 0 Å². The number of hydrogen-bond donors (Lipinski definition) is 1. The molecule has 4 rings (SSSR count). The molecule has 32 heavy (non-hydrogen) atoms. The summed E-state index contributed by atoms with van der Waals surface area (Å²) in [5.41, 5.74) is 3.38. The number of amides is 1. The predicted molar refractivity (Wildman–Crippen MR) is 119 cm³/mol. The van der Waals surface area contributed by atoms with E-state index in [1.54, 1.807) is 37.3 Å². The number of nitrogens with one attached hydrogen (secondary N) is 1. The Hall–Kier alpha value is -4.07. The molecular weight excluding hydrogens is 410 g/mol. The number of carbonyl (C=O) groups is 1. The molecule has 0 fully saturated rings. The van der Waals surface area contributed by atoms with Gasteiger partial charge in [-0.25, -0.2) is 4.98 Å². The molecule has 8 nitrogen and oxygen atoms in total. The van der Waals surface area contributed by atoms with Gasteiger partial charge in [0, 0.05) is 17.8 Å². The molecule has 4 aromatic rings. The summed E-state index contributed by atoms with van der Waals surface area (Å²) < 4.78 is 17.7. The maximum Gasteiger partial charge on any atom is 0.287 e. The number of carbonyl (C=O) groups excluding carboxylic acids is 1. The predicted octanol–water partition coefficient (Wildman–Crippen LogP) is 3.81. The summed E-state index contributed by atoms with van der Waals surface area (Å²) in [5, 5.41) is 2.79. The zero-order valence-electron chi connectivity index (χ0n) is 18.0. The smallest absolute Gasteiger partial charge is 0.287 e. The van der Waals surface area contributed by atoms with Crippen LogP contribution in [0.25, 0.3) is 5.65 Å². The normalized spacial score (nSPS) is 10.8. The summed E-state index contributed by atoms with van der Waals surface area (Å²) in [5.74, 6) is 1.61. The Morgan fingerprint density at radius 3 is 2.56 bits per heavy atom. The highest BCUT2D eigenvalue weighted by molar-refractivity contribution is 5.91. The molecule has 0 radical (unpaired) electrons. The first-order valence-electron chi connectivity index (χ1n) is 10.1. The molecule has 0 bridgehead atoms. The Morgan fingerprint density at radius 2 is 1.81 bits per heavy atom. The van der Waals surface area contributed by atoms with E-state index in [0.29, 0.717) is 34.3 Å². The summed E-state index contributed by atoms with van der Waals surface area (Å²) >= 11 is 0. The van der Waals surface area contributed by atoms with Crippen molar-refractivity contribution < 1.29 is 18.8 Å². The molecule has 0 saturated heterocycles. The minimum atomic E-state index is -0.303. The summed E-state index contributed by atoms with van der Waals surface area (Å²) in [4.78, 5) is 28.6. The summed E-state index contributed by atoms with van der Waals surface area (Å²) in [7, 11) is 0. The van der Waals surface area contributed by atoms with Crippen molar-refractivity contribution in [3.05, 3.63) is 87.5 Å². The molecule has 0 aliphatic heterocycles. The zero-order valence-corrected chi connectivity index (χ0v) is 18.0. The Balaban J connectivity index is 1.31. The van der Waals surface area contributed by atoms with E-state index in [9.17, 15) is 9.59 Å². The second-order valence-electron chi connectivity index (χ2n) is 7.50. The molecule has 0 atom stereocenters. The molecule has 0 aliphatic carbocycles. The van der Waals surface area contributed by atoms with E-state index < -0.39 is 0 Å². The van der Waals surface area contributed by atoms with Gasteiger partial charge >= 0.3 is 0 Å². The van der Waals surface area contributed by atoms with Gasteiger partial charge < -0.3 is 19.3 Å². The van der Waals surface area contributed by atoms with Gasteiger partial charge in [0.25, 0.3) is 11.5 Å². The molecule has 8 heteroatoms. The molecule has 2 aromatic heterocycles. The van der Waals surface area contributed by atoms with Crippen molar-refractivity contribution in [3.63, 3.8) is 0 Å². The number of nitrogens with zero attached hydrogens (tertiary/aromatic N) is 2. The van der Waals surface area contributed by atoms with Crippen molar-refractivity contribution in [1.82, 2.24) is 9.56 Å². The van der Waals surface area contributed by atoms with Crippen LogP contribution in [0.3, 0.4) is 0 Å². The van der Waals surface area contributed by atoms with Crippen LogP contribution < -0.4 is 20.3 Å². The highest BCUT2D eigenvalue weighted by atomic mass is 16.5. The summed E-state index contributed by atoms with van der Waals surface area (Å²) in [6, 6.07) is 15.8. The van der Waals surface area contributed by atoms with Gasteiger partial charge in [0.2, 0.25) is 0 Å². The van der Waals surface area contributed by atoms with Gasteiger partial charge in [-0.15, -0.1) is 4.57 Å². The van der Waals surface area contributed by atoms with E-state index >= 15 is 0 Å². The monoisotopic (exact) mass is 433 g/mol. The van der Waals surface area contributed by atoms with Crippen LogP contribution in [-0.4, -0.2) is 22.1 Å². The number of anilines is 1. The summed E-state index contributed by atoms with van der Waals surface area (Å²) in [6.07, 6.45) is 0. The Bertz CT molecular complexity index is 1320. The highest BCUT2D eigenvalue weighted by Crippen LogP contribution is 2.19. The molecule has 0 unspecified atom stereocenters. The second kappa shape index (κ2) is 8.97. The maximum absolute atomic E-state index is 12.2. The van der Waals surface area contributed by atoms with Crippen LogP contribution >= 0.6 is 0 Å². The number of rotatable bonds is 7. The number of aryl methyl sites for hydroxylation is 3. The Labute approximate surface area is 184 Å². The molecular formula is C24H23N3O5. The van der Waals surface area contributed by atoms with Crippen LogP contribution in [0.2, 0.25) is 0 Å². The third-order valence-corrected chi connectivity index (χ3v) is 4.74. The minimum Gasteiger partial charge on any atom is -0.487 e. The fourth-order valence-electron chi connectivity index (χ4n) is 3.24. The van der Waals surface area contributed by atoms with Crippen LogP contribution in [0.5, 0.6) is 11.5 Å². The number of fused-ring (bicyclic) bond motifs is 1. The van der Waals surface area contributed by atoms with Crippen molar-refractivity contribution >= 4 is 17.2 Å². The number of aromatic nitrogens is 2. The molecule has 0 spiro atoms.